The van der Waals surface area contributed by atoms with Gasteiger partial charge in [0.25, 0.3) is 0 Å². The number of halogens is 2. The van der Waals surface area contributed by atoms with E-state index in [1.54, 1.807) is 30.3 Å². The van der Waals surface area contributed by atoms with Gasteiger partial charge >= 0.3 is 0 Å². The maximum atomic E-state index is 13.3. The van der Waals surface area contributed by atoms with Crippen LogP contribution in [-0.2, 0) is 0 Å². The molecule has 1 amide bonds. The summed E-state index contributed by atoms with van der Waals surface area (Å²) in [6.45, 7) is 0. The third-order valence-corrected chi connectivity index (χ3v) is 5.31. The number of nitrogens with one attached hydrogen (secondary N) is 1. The minimum absolute atomic E-state index is 0.106. The van der Waals surface area contributed by atoms with Gasteiger partial charge in [0.2, 0.25) is 5.91 Å². The number of hydrogen-bond donors (Lipinski definition) is 2. The third-order valence-electron chi connectivity index (χ3n) is 4.02. The molecule has 0 saturated carbocycles. The van der Waals surface area contributed by atoms with Crippen LogP contribution in [0.15, 0.2) is 70.5 Å². The fourth-order valence-corrected chi connectivity index (χ4v) is 3.76. The van der Waals surface area contributed by atoms with E-state index < -0.39 is 11.7 Å². The Morgan fingerprint density at radius 2 is 1.78 bits per heavy atom. The van der Waals surface area contributed by atoms with Gasteiger partial charge in [-0.05, 0) is 48.5 Å². The predicted molar refractivity (Wildman–Crippen MR) is 106 cm³/mol. The van der Waals surface area contributed by atoms with Crippen molar-refractivity contribution in [3.05, 3.63) is 77.1 Å². The van der Waals surface area contributed by atoms with Crippen LogP contribution in [0.1, 0.15) is 10.4 Å². The monoisotopic (exact) mass is 397 g/mol. The van der Waals surface area contributed by atoms with Crippen molar-refractivity contribution in [3.63, 3.8) is 0 Å². The number of benzene rings is 3. The largest absolute Gasteiger partial charge is 0.366 e. The Kier molecular flexibility index (Phi) is 4.59. The number of primary amides is 1. The van der Waals surface area contributed by atoms with Crippen LogP contribution in [-0.4, -0.2) is 15.9 Å². The summed E-state index contributed by atoms with van der Waals surface area (Å²) in [6, 6.07) is 17.6. The zero-order valence-corrected chi connectivity index (χ0v) is 15.4. The lowest BCUT2D eigenvalue weighted by atomic mass is 10.2. The second kappa shape index (κ2) is 7.06. The van der Waals surface area contributed by atoms with Crippen LogP contribution in [0.5, 0.6) is 0 Å². The molecule has 0 aliphatic heterocycles. The van der Waals surface area contributed by atoms with E-state index in [-0.39, 0.29) is 5.02 Å². The number of nitrogens with two attached hydrogens (primary N) is 1. The first-order valence-electron chi connectivity index (χ1n) is 8.02. The molecule has 0 aliphatic rings. The van der Waals surface area contributed by atoms with Gasteiger partial charge in [-0.15, -0.1) is 0 Å². The van der Waals surface area contributed by atoms with E-state index in [1.165, 1.54) is 17.8 Å². The Bertz CT molecular complexity index is 1160. The van der Waals surface area contributed by atoms with Crippen LogP contribution in [0, 0.1) is 5.82 Å². The van der Waals surface area contributed by atoms with E-state index in [9.17, 15) is 9.18 Å². The summed E-state index contributed by atoms with van der Waals surface area (Å²) in [5.41, 5.74) is 8.15. The molecular weight excluding hydrogens is 385 g/mol. The van der Waals surface area contributed by atoms with Crippen molar-refractivity contribution >= 4 is 40.3 Å². The van der Waals surface area contributed by atoms with Gasteiger partial charge in [-0.3, -0.25) is 4.79 Å². The summed E-state index contributed by atoms with van der Waals surface area (Å²) >= 11 is 7.32. The first-order chi connectivity index (χ1) is 13.0. The summed E-state index contributed by atoms with van der Waals surface area (Å²) in [5, 5.41) is 0.106. The summed E-state index contributed by atoms with van der Waals surface area (Å²) in [5.74, 6) is -0.211. The minimum atomic E-state index is -0.483. The van der Waals surface area contributed by atoms with E-state index in [4.69, 9.17) is 17.3 Å². The molecule has 134 valence electrons. The lowest BCUT2D eigenvalue weighted by molar-refractivity contribution is 0.100. The maximum Gasteiger partial charge on any atom is 0.248 e. The number of imidazole rings is 1. The molecule has 3 N–H and O–H groups in total. The number of amides is 1. The Morgan fingerprint density at radius 1 is 1.04 bits per heavy atom. The lowest BCUT2D eigenvalue weighted by Crippen LogP contribution is -2.10. The van der Waals surface area contributed by atoms with Crippen molar-refractivity contribution in [1.29, 1.82) is 0 Å². The minimum Gasteiger partial charge on any atom is -0.366 e. The van der Waals surface area contributed by atoms with E-state index >= 15 is 0 Å². The molecule has 0 atom stereocenters. The molecule has 4 nitrogen and oxygen atoms in total. The molecule has 3 aromatic carbocycles. The summed E-state index contributed by atoms with van der Waals surface area (Å²) in [4.78, 5) is 20.9. The fraction of sp³-hybridized carbons (Fsp3) is 0. The molecule has 0 bridgehead atoms. The number of fused-ring (bicyclic) bond motifs is 1. The van der Waals surface area contributed by atoms with Crippen molar-refractivity contribution in [2.24, 2.45) is 5.73 Å². The first kappa shape index (κ1) is 17.6. The lowest BCUT2D eigenvalue weighted by Gasteiger charge is -2.04. The molecule has 27 heavy (non-hydrogen) atoms. The fourth-order valence-electron chi connectivity index (χ4n) is 2.65. The molecule has 0 fully saturated rings. The summed E-state index contributed by atoms with van der Waals surface area (Å²) in [7, 11) is 0. The van der Waals surface area contributed by atoms with Gasteiger partial charge < -0.3 is 10.7 Å². The number of aromatic amines is 1. The zero-order valence-electron chi connectivity index (χ0n) is 13.9. The molecular formula is C20H13ClFN3OS. The SMILES string of the molecule is NC(=O)c1ccc2[nH]c(-c3ccc(Sc4ccc(F)c(Cl)c4)cc3)nc2c1. The molecule has 0 unspecified atom stereocenters. The van der Waals surface area contributed by atoms with Gasteiger partial charge in [0.05, 0.1) is 16.1 Å². The zero-order chi connectivity index (χ0) is 19.0. The molecule has 1 aromatic heterocycles. The Hall–Kier alpha value is -2.83. The number of rotatable bonds is 4. The second-order valence-electron chi connectivity index (χ2n) is 5.88. The first-order valence-corrected chi connectivity index (χ1v) is 9.22. The number of nitrogens with zero attached hydrogens (tertiary/aromatic N) is 1. The van der Waals surface area contributed by atoms with Crippen LogP contribution in [0.25, 0.3) is 22.4 Å². The number of carbonyl (C=O) groups excluding carboxylic acids is 1. The quantitative estimate of drug-likeness (QED) is 0.492. The average molecular weight is 398 g/mol. The number of H-pyrrole nitrogens is 1. The highest BCUT2D eigenvalue weighted by Gasteiger charge is 2.09. The van der Waals surface area contributed by atoms with Crippen LogP contribution < -0.4 is 5.73 Å². The highest BCUT2D eigenvalue weighted by atomic mass is 35.5. The van der Waals surface area contributed by atoms with Crippen molar-refractivity contribution in [2.75, 3.05) is 0 Å². The summed E-state index contributed by atoms with van der Waals surface area (Å²) < 4.78 is 13.3. The summed E-state index contributed by atoms with van der Waals surface area (Å²) in [6.07, 6.45) is 0. The van der Waals surface area contributed by atoms with Crippen molar-refractivity contribution in [1.82, 2.24) is 9.97 Å². The number of carbonyl (C=O) groups is 1. The number of hydrogen-bond acceptors (Lipinski definition) is 3. The van der Waals surface area contributed by atoms with E-state index in [0.717, 1.165) is 20.9 Å². The molecule has 4 rings (SSSR count). The van der Waals surface area contributed by atoms with Gasteiger partial charge in [0.1, 0.15) is 11.6 Å². The molecule has 7 heteroatoms. The van der Waals surface area contributed by atoms with Gasteiger partial charge in [0.15, 0.2) is 0 Å². The molecule has 1 heterocycles. The van der Waals surface area contributed by atoms with Crippen LogP contribution in [0.4, 0.5) is 4.39 Å². The Labute approximate surface area is 163 Å². The average Bonchev–Trinajstić information content (AvgIpc) is 3.08. The highest BCUT2D eigenvalue weighted by molar-refractivity contribution is 7.99. The molecule has 0 spiro atoms. The number of aromatic nitrogens is 2. The predicted octanol–water partition coefficient (Wildman–Crippen LogP) is 5.27. The smallest absolute Gasteiger partial charge is 0.248 e. The second-order valence-corrected chi connectivity index (χ2v) is 7.44. The Balaban J connectivity index is 1.59. The Morgan fingerprint density at radius 3 is 2.48 bits per heavy atom. The normalized spacial score (nSPS) is 11.0. The van der Waals surface area contributed by atoms with Gasteiger partial charge in [-0.25, -0.2) is 9.37 Å². The van der Waals surface area contributed by atoms with E-state index in [0.29, 0.717) is 16.9 Å². The van der Waals surface area contributed by atoms with E-state index in [1.807, 2.05) is 24.3 Å². The maximum absolute atomic E-state index is 13.3. The van der Waals surface area contributed by atoms with Gasteiger partial charge in [-0.1, -0.05) is 35.5 Å². The highest BCUT2D eigenvalue weighted by Crippen LogP contribution is 2.32. The van der Waals surface area contributed by atoms with E-state index in [2.05, 4.69) is 9.97 Å². The standard InChI is InChI=1S/C20H13ClFN3OS/c21-15-10-14(6-7-16(15)22)27-13-4-1-11(2-5-13)20-24-17-8-3-12(19(23)26)9-18(17)25-20/h1-10H,(H2,23,26)(H,24,25). The van der Waals surface area contributed by atoms with Crippen molar-refractivity contribution in [3.8, 4) is 11.4 Å². The van der Waals surface area contributed by atoms with Gasteiger partial charge in [0, 0.05) is 20.9 Å². The van der Waals surface area contributed by atoms with Crippen molar-refractivity contribution in [2.45, 2.75) is 9.79 Å². The van der Waals surface area contributed by atoms with Crippen LogP contribution in [0.3, 0.4) is 0 Å². The molecule has 0 radical (unpaired) electrons. The third kappa shape index (κ3) is 3.67. The molecule has 0 saturated heterocycles. The van der Waals surface area contributed by atoms with Crippen LogP contribution >= 0.6 is 23.4 Å². The molecule has 4 aromatic rings. The van der Waals surface area contributed by atoms with Gasteiger partial charge in [-0.2, -0.15) is 0 Å². The van der Waals surface area contributed by atoms with Crippen molar-refractivity contribution < 1.29 is 9.18 Å². The molecule has 0 aliphatic carbocycles. The topological polar surface area (TPSA) is 71.8 Å². The van der Waals surface area contributed by atoms with Crippen LogP contribution in [0.2, 0.25) is 5.02 Å².